The maximum absolute atomic E-state index is 12.8. The zero-order chi connectivity index (χ0) is 21.1. The highest BCUT2D eigenvalue weighted by Gasteiger charge is 2.17. The van der Waals surface area contributed by atoms with Gasteiger partial charge in [0.15, 0.2) is 5.16 Å². The quantitative estimate of drug-likeness (QED) is 0.368. The number of thioether (sulfide) groups is 1. The Hall–Kier alpha value is -3.39. The van der Waals surface area contributed by atoms with Gasteiger partial charge in [0.2, 0.25) is 11.7 Å². The Morgan fingerprint density at radius 1 is 1.17 bits per heavy atom. The first-order valence-corrected chi connectivity index (χ1v) is 10.5. The van der Waals surface area contributed by atoms with E-state index in [-0.39, 0.29) is 23.3 Å². The zero-order valence-corrected chi connectivity index (χ0v) is 17.3. The van der Waals surface area contributed by atoms with Crippen molar-refractivity contribution in [1.82, 2.24) is 24.5 Å². The molecule has 152 valence electrons. The number of aromatic nitrogens is 4. The molecule has 0 aliphatic rings. The third-order valence-electron chi connectivity index (χ3n) is 4.80. The van der Waals surface area contributed by atoms with Crippen LogP contribution in [0.15, 0.2) is 77.2 Å². The predicted molar refractivity (Wildman–Crippen MR) is 119 cm³/mol. The van der Waals surface area contributed by atoms with Gasteiger partial charge in [-0.25, -0.2) is 0 Å². The Balaban J connectivity index is 1.61. The summed E-state index contributed by atoms with van der Waals surface area (Å²) in [4.78, 5) is 25.3. The van der Waals surface area contributed by atoms with Gasteiger partial charge in [-0.05, 0) is 24.6 Å². The highest BCUT2D eigenvalue weighted by atomic mass is 32.2. The number of allylic oxidation sites excluding steroid dienone is 1. The van der Waals surface area contributed by atoms with Crippen molar-refractivity contribution >= 4 is 34.3 Å². The van der Waals surface area contributed by atoms with E-state index in [9.17, 15) is 9.59 Å². The van der Waals surface area contributed by atoms with Gasteiger partial charge in [-0.3, -0.25) is 18.6 Å². The van der Waals surface area contributed by atoms with Crippen LogP contribution in [0, 0.1) is 0 Å². The molecule has 1 amide bonds. The van der Waals surface area contributed by atoms with Crippen molar-refractivity contribution in [3.05, 3.63) is 83.2 Å². The molecule has 4 rings (SSSR count). The summed E-state index contributed by atoms with van der Waals surface area (Å²) >= 11 is 1.29. The minimum absolute atomic E-state index is 0.0898. The highest BCUT2D eigenvalue weighted by Crippen LogP contribution is 2.22. The average Bonchev–Trinajstić information content (AvgIpc) is 3.20. The Morgan fingerprint density at radius 3 is 2.67 bits per heavy atom. The molecule has 1 N–H and O–H groups in total. The number of hydrogen-bond acceptors (Lipinski definition) is 5. The van der Waals surface area contributed by atoms with Gasteiger partial charge in [-0.15, -0.1) is 16.8 Å². The summed E-state index contributed by atoms with van der Waals surface area (Å²) in [6.45, 7) is 6.00. The lowest BCUT2D eigenvalue weighted by Gasteiger charge is -2.14. The van der Waals surface area contributed by atoms with E-state index in [1.54, 1.807) is 12.1 Å². The number of rotatable bonds is 7. The second-order valence-corrected chi connectivity index (χ2v) is 7.77. The third-order valence-corrected chi connectivity index (χ3v) is 5.73. The van der Waals surface area contributed by atoms with E-state index in [0.717, 1.165) is 5.56 Å². The maximum atomic E-state index is 12.8. The summed E-state index contributed by atoms with van der Waals surface area (Å²) in [5, 5.41) is 12.6. The molecular weight excluding hydrogens is 398 g/mol. The minimum atomic E-state index is -0.142. The Labute approximate surface area is 177 Å². The van der Waals surface area contributed by atoms with Crippen molar-refractivity contribution in [1.29, 1.82) is 0 Å². The number of benzene rings is 2. The molecule has 2 heterocycles. The van der Waals surface area contributed by atoms with Gasteiger partial charge in [-0.1, -0.05) is 60.3 Å². The number of para-hydroxylation sites is 1. The summed E-state index contributed by atoms with van der Waals surface area (Å²) in [5.41, 5.74) is 1.61. The van der Waals surface area contributed by atoms with Gasteiger partial charge >= 0.3 is 0 Å². The third kappa shape index (κ3) is 3.73. The van der Waals surface area contributed by atoms with E-state index in [2.05, 4.69) is 22.1 Å². The number of fused-ring (bicyclic) bond motifs is 3. The zero-order valence-electron chi connectivity index (χ0n) is 16.5. The molecule has 0 bridgehead atoms. The standard InChI is InChI=1S/C22H21N5O2S/c1-3-13-26-20(29)17-11-7-8-12-18(17)27-21(26)24-25-22(27)30-14-19(28)23-15(2)16-9-5-4-6-10-16/h3-12,15H,1,13-14H2,2H3,(H,23,28)/t15-/m1/s1. The van der Waals surface area contributed by atoms with Gasteiger partial charge in [0, 0.05) is 6.54 Å². The van der Waals surface area contributed by atoms with E-state index >= 15 is 0 Å². The van der Waals surface area contributed by atoms with Crippen molar-refractivity contribution in [2.45, 2.75) is 24.7 Å². The average molecular weight is 420 g/mol. The molecule has 2 aromatic carbocycles. The fourth-order valence-corrected chi connectivity index (χ4v) is 4.11. The molecule has 0 saturated carbocycles. The van der Waals surface area contributed by atoms with E-state index in [0.29, 0.717) is 28.4 Å². The second kappa shape index (κ2) is 8.54. The largest absolute Gasteiger partial charge is 0.349 e. The molecule has 4 aromatic rings. The molecule has 0 unspecified atom stereocenters. The first kappa shape index (κ1) is 19.9. The molecule has 8 heteroatoms. The summed E-state index contributed by atoms with van der Waals surface area (Å²) < 4.78 is 3.35. The number of carbonyl (C=O) groups is 1. The van der Waals surface area contributed by atoms with Crippen LogP contribution in [0.3, 0.4) is 0 Å². The number of nitrogens with zero attached hydrogens (tertiary/aromatic N) is 4. The molecule has 0 aliphatic carbocycles. The Kier molecular flexibility index (Phi) is 5.67. The topological polar surface area (TPSA) is 81.3 Å². The summed E-state index contributed by atoms with van der Waals surface area (Å²) in [7, 11) is 0. The Morgan fingerprint density at radius 2 is 1.90 bits per heavy atom. The molecule has 1 atom stereocenters. The lowest BCUT2D eigenvalue weighted by atomic mass is 10.1. The van der Waals surface area contributed by atoms with Gasteiger partial charge in [0.1, 0.15) is 0 Å². The smallest absolute Gasteiger partial charge is 0.263 e. The fourth-order valence-electron chi connectivity index (χ4n) is 3.36. The van der Waals surface area contributed by atoms with E-state index < -0.39 is 0 Å². The van der Waals surface area contributed by atoms with Crippen LogP contribution in [0.2, 0.25) is 0 Å². The summed E-state index contributed by atoms with van der Waals surface area (Å²) in [6.07, 6.45) is 1.65. The van der Waals surface area contributed by atoms with Crippen LogP contribution >= 0.6 is 11.8 Å². The molecule has 7 nitrogen and oxygen atoms in total. The van der Waals surface area contributed by atoms with E-state index in [4.69, 9.17) is 0 Å². The summed E-state index contributed by atoms with van der Waals surface area (Å²) in [5.74, 6) is 0.517. The molecular formula is C22H21N5O2S. The molecule has 2 aromatic heterocycles. The molecule has 0 saturated heterocycles. The van der Waals surface area contributed by atoms with Crippen molar-refractivity contribution in [3.63, 3.8) is 0 Å². The van der Waals surface area contributed by atoms with Crippen LogP contribution in [-0.4, -0.2) is 30.8 Å². The SMILES string of the molecule is C=CCn1c(=O)c2ccccc2n2c(SCC(=O)N[C@H](C)c3ccccc3)nnc12. The monoisotopic (exact) mass is 419 g/mol. The Bertz CT molecular complexity index is 1280. The fraction of sp³-hybridized carbons (Fsp3) is 0.182. The van der Waals surface area contributed by atoms with Crippen LogP contribution < -0.4 is 10.9 Å². The molecule has 0 aliphatic heterocycles. The molecule has 0 fully saturated rings. The highest BCUT2D eigenvalue weighted by molar-refractivity contribution is 7.99. The molecule has 30 heavy (non-hydrogen) atoms. The second-order valence-electron chi connectivity index (χ2n) is 6.83. The van der Waals surface area contributed by atoms with Gasteiger partial charge in [-0.2, -0.15) is 0 Å². The van der Waals surface area contributed by atoms with Crippen LogP contribution in [0.1, 0.15) is 18.5 Å². The van der Waals surface area contributed by atoms with Crippen molar-refractivity contribution in [2.24, 2.45) is 0 Å². The molecule has 0 spiro atoms. The normalized spacial score (nSPS) is 12.2. The first-order valence-electron chi connectivity index (χ1n) is 9.55. The first-order chi connectivity index (χ1) is 14.6. The van der Waals surface area contributed by atoms with Crippen LogP contribution in [0.5, 0.6) is 0 Å². The van der Waals surface area contributed by atoms with Crippen LogP contribution in [-0.2, 0) is 11.3 Å². The maximum Gasteiger partial charge on any atom is 0.263 e. The number of nitrogens with one attached hydrogen (secondary N) is 1. The lowest BCUT2D eigenvalue weighted by Crippen LogP contribution is -2.28. The number of hydrogen-bond donors (Lipinski definition) is 1. The number of carbonyl (C=O) groups excluding carboxylic acids is 1. The van der Waals surface area contributed by atoms with Gasteiger partial charge in [0.25, 0.3) is 5.56 Å². The van der Waals surface area contributed by atoms with Crippen molar-refractivity contribution in [2.75, 3.05) is 5.75 Å². The molecule has 0 radical (unpaired) electrons. The minimum Gasteiger partial charge on any atom is -0.349 e. The van der Waals surface area contributed by atoms with E-state index in [1.165, 1.54) is 16.3 Å². The predicted octanol–water partition coefficient (Wildman–Crippen LogP) is 3.20. The van der Waals surface area contributed by atoms with Crippen molar-refractivity contribution in [3.8, 4) is 0 Å². The van der Waals surface area contributed by atoms with E-state index in [1.807, 2.05) is 59.9 Å². The van der Waals surface area contributed by atoms with Gasteiger partial charge < -0.3 is 5.32 Å². The number of amides is 1. The lowest BCUT2D eigenvalue weighted by molar-refractivity contribution is -0.119. The van der Waals surface area contributed by atoms with Crippen LogP contribution in [0.4, 0.5) is 0 Å². The summed E-state index contributed by atoms with van der Waals surface area (Å²) in [6, 6.07) is 17.0. The van der Waals surface area contributed by atoms with Crippen molar-refractivity contribution < 1.29 is 4.79 Å². The van der Waals surface area contributed by atoms with Gasteiger partial charge in [0.05, 0.1) is 22.7 Å². The van der Waals surface area contributed by atoms with Crippen LogP contribution in [0.25, 0.3) is 16.7 Å².